The third kappa shape index (κ3) is 2.35. The number of nitro groups is 1. The second-order valence-electron chi connectivity index (χ2n) is 4.76. The Morgan fingerprint density at radius 2 is 2.10 bits per heavy atom. The molecule has 0 fully saturated rings. The fraction of sp³-hybridized carbons (Fsp3) is 0.200. The number of aryl methyl sites for hydroxylation is 1. The number of fused-ring (bicyclic) bond motifs is 1. The van der Waals surface area contributed by atoms with Crippen LogP contribution in [0.4, 0.5) is 5.69 Å². The fourth-order valence-corrected chi connectivity index (χ4v) is 2.37. The van der Waals surface area contributed by atoms with Gasteiger partial charge in [0.05, 0.1) is 21.9 Å². The van der Waals surface area contributed by atoms with Gasteiger partial charge in [-0.25, -0.2) is 9.50 Å². The third-order valence-corrected chi connectivity index (χ3v) is 3.29. The van der Waals surface area contributed by atoms with E-state index in [1.54, 1.807) is 35.0 Å². The van der Waals surface area contributed by atoms with Crippen LogP contribution >= 0.6 is 0 Å². The molecular weight excluding hydrogens is 268 g/mol. The van der Waals surface area contributed by atoms with Crippen molar-refractivity contribution < 1.29 is 4.92 Å². The van der Waals surface area contributed by atoms with Crippen molar-refractivity contribution in [1.82, 2.24) is 14.6 Å². The molecule has 6 nitrogen and oxygen atoms in total. The predicted octanol–water partition coefficient (Wildman–Crippen LogP) is 3.26. The van der Waals surface area contributed by atoms with Crippen molar-refractivity contribution in [2.75, 3.05) is 0 Å². The first-order valence-electron chi connectivity index (χ1n) is 6.78. The Morgan fingerprint density at radius 3 is 2.86 bits per heavy atom. The van der Waals surface area contributed by atoms with Crippen molar-refractivity contribution in [2.24, 2.45) is 0 Å². The van der Waals surface area contributed by atoms with Crippen LogP contribution in [0.1, 0.15) is 19.0 Å². The molecule has 0 amide bonds. The van der Waals surface area contributed by atoms with Crippen molar-refractivity contribution in [3.63, 3.8) is 0 Å². The van der Waals surface area contributed by atoms with E-state index in [4.69, 9.17) is 0 Å². The number of benzene rings is 1. The normalized spacial score (nSPS) is 10.9. The van der Waals surface area contributed by atoms with Gasteiger partial charge in [0, 0.05) is 18.3 Å². The molecule has 0 aliphatic rings. The highest BCUT2D eigenvalue weighted by Gasteiger charge is 2.17. The van der Waals surface area contributed by atoms with E-state index in [2.05, 4.69) is 17.0 Å². The number of para-hydroxylation sites is 1. The molecule has 1 aromatic carbocycles. The smallest absolute Gasteiger partial charge is 0.258 e. The Balaban J connectivity index is 2.23. The van der Waals surface area contributed by atoms with E-state index in [1.165, 1.54) is 6.07 Å². The summed E-state index contributed by atoms with van der Waals surface area (Å²) in [6.07, 6.45) is 3.50. The third-order valence-electron chi connectivity index (χ3n) is 3.29. The molecule has 3 rings (SSSR count). The van der Waals surface area contributed by atoms with Crippen LogP contribution in [0.3, 0.4) is 0 Å². The molecule has 2 aromatic heterocycles. The summed E-state index contributed by atoms with van der Waals surface area (Å²) in [5, 5.41) is 15.7. The van der Waals surface area contributed by atoms with Crippen molar-refractivity contribution in [3.8, 4) is 11.3 Å². The number of hydrogen-bond donors (Lipinski definition) is 0. The molecule has 0 atom stereocenters. The van der Waals surface area contributed by atoms with Crippen molar-refractivity contribution in [2.45, 2.75) is 19.8 Å². The molecule has 21 heavy (non-hydrogen) atoms. The highest BCUT2D eigenvalue weighted by Crippen LogP contribution is 2.29. The minimum Gasteiger partial charge on any atom is -0.258 e. The molecule has 3 aromatic rings. The van der Waals surface area contributed by atoms with Gasteiger partial charge in [-0.2, -0.15) is 5.10 Å². The molecule has 2 heterocycles. The molecule has 0 saturated heterocycles. The zero-order chi connectivity index (χ0) is 14.8. The fourth-order valence-electron chi connectivity index (χ4n) is 2.37. The summed E-state index contributed by atoms with van der Waals surface area (Å²) in [6, 6.07) is 10.3. The van der Waals surface area contributed by atoms with Crippen LogP contribution in [0.2, 0.25) is 0 Å². The van der Waals surface area contributed by atoms with E-state index in [9.17, 15) is 10.1 Å². The maximum Gasteiger partial charge on any atom is 0.278 e. The quantitative estimate of drug-likeness (QED) is 0.544. The second kappa shape index (κ2) is 5.32. The Kier molecular flexibility index (Phi) is 3.35. The van der Waals surface area contributed by atoms with Gasteiger partial charge >= 0.3 is 0 Å². The van der Waals surface area contributed by atoms with Crippen molar-refractivity contribution in [1.29, 1.82) is 0 Å². The molecule has 0 saturated carbocycles. The Morgan fingerprint density at radius 1 is 1.29 bits per heavy atom. The molecule has 0 unspecified atom stereocenters. The van der Waals surface area contributed by atoms with Crippen LogP contribution in [-0.2, 0) is 6.42 Å². The first-order chi connectivity index (χ1) is 10.2. The molecule has 0 radical (unpaired) electrons. The Bertz CT molecular complexity index is 810. The van der Waals surface area contributed by atoms with Gasteiger partial charge in [-0.1, -0.05) is 25.5 Å². The van der Waals surface area contributed by atoms with Gasteiger partial charge in [0.25, 0.3) is 5.69 Å². The van der Waals surface area contributed by atoms with Gasteiger partial charge in [0.1, 0.15) is 0 Å². The monoisotopic (exact) mass is 282 g/mol. The van der Waals surface area contributed by atoms with Gasteiger partial charge < -0.3 is 0 Å². The summed E-state index contributed by atoms with van der Waals surface area (Å²) in [5.74, 6) is 0. The van der Waals surface area contributed by atoms with Gasteiger partial charge in [-0.15, -0.1) is 0 Å². The molecule has 6 heteroatoms. The lowest BCUT2D eigenvalue weighted by Crippen LogP contribution is -1.99. The zero-order valence-electron chi connectivity index (χ0n) is 11.6. The van der Waals surface area contributed by atoms with Gasteiger partial charge in [-0.05, 0) is 18.6 Å². The van der Waals surface area contributed by atoms with E-state index in [1.807, 2.05) is 6.07 Å². The van der Waals surface area contributed by atoms with Crippen molar-refractivity contribution >= 4 is 11.3 Å². The minimum absolute atomic E-state index is 0.0672. The van der Waals surface area contributed by atoms with Crippen LogP contribution < -0.4 is 0 Å². The average molecular weight is 282 g/mol. The summed E-state index contributed by atoms with van der Waals surface area (Å²) >= 11 is 0. The Hall–Kier alpha value is -2.76. The molecule has 0 aliphatic carbocycles. The minimum atomic E-state index is -0.377. The van der Waals surface area contributed by atoms with E-state index >= 15 is 0 Å². The molecule has 0 spiro atoms. The lowest BCUT2D eigenvalue weighted by atomic mass is 10.1. The summed E-state index contributed by atoms with van der Waals surface area (Å²) in [5.41, 5.74) is 2.93. The standard InChI is InChI=1S/C15H14N4O2/c1-2-5-11-10-15-16-9-8-13(18(15)17-11)12-6-3-4-7-14(12)19(20)21/h3-4,6-10H,2,5H2,1H3. The number of nitrogens with zero attached hydrogens (tertiary/aromatic N) is 4. The maximum absolute atomic E-state index is 11.2. The lowest BCUT2D eigenvalue weighted by molar-refractivity contribution is -0.384. The number of rotatable bonds is 4. The first kappa shape index (κ1) is 13.2. The molecular formula is C15H14N4O2. The van der Waals surface area contributed by atoms with Crippen LogP contribution in [-0.4, -0.2) is 19.5 Å². The summed E-state index contributed by atoms with van der Waals surface area (Å²) < 4.78 is 1.67. The number of hydrogen-bond acceptors (Lipinski definition) is 4. The second-order valence-corrected chi connectivity index (χ2v) is 4.76. The lowest BCUT2D eigenvalue weighted by Gasteiger charge is -2.05. The zero-order valence-corrected chi connectivity index (χ0v) is 11.6. The van der Waals surface area contributed by atoms with E-state index < -0.39 is 0 Å². The topological polar surface area (TPSA) is 73.3 Å². The van der Waals surface area contributed by atoms with E-state index in [0.717, 1.165) is 18.5 Å². The van der Waals surface area contributed by atoms with Crippen LogP contribution in [0.5, 0.6) is 0 Å². The summed E-state index contributed by atoms with van der Waals surface area (Å²) in [4.78, 5) is 15.1. The molecule has 0 aliphatic heterocycles. The number of nitro benzene ring substituents is 1. The molecule has 106 valence electrons. The highest BCUT2D eigenvalue weighted by molar-refractivity contribution is 5.72. The Labute approximate surface area is 121 Å². The van der Waals surface area contributed by atoms with Crippen LogP contribution in [0.25, 0.3) is 16.9 Å². The van der Waals surface area contributed by atoms with E-state index in [-0.39, 0.29) is 10.6 Å². The number of aromatic nitrogens is 3. The molecule has 0 N–H and O–H groups in total. The van der Waals surface area contributed by atoms with Gasteiger partial charge in [0.15, 0.2) is 5.65 Å². The van der Waals surface area contributed by atoms with Crippen LogP contribution in [0.15, 0.2) is 42.6 Å². The highest BCUT2D eigenvalue weighted by atomic mass is 16.6. The maximum atomic E-state index is 11.2. The summed E-state index contributed by atoms with van der Waals surface area (Å²) in [7, 11) is 0. The first-order valence-corrected chi connectivity index (χ1v) is 6.78. The SMILES string of the molecule is CCCc1cc2nccc(-c3ccccc3[N+](=O)[O-])n2n1. The van der Waals surface area contributed by atoms with E-state index in [0.29, 0.717) is 16.9 Å². The van der Waals surface area contributed by atoms with Crippen LogP contribution in [0, 0.1) is 10.1 Å². The average Bonchev–Trinajstić information content (AvgIpc) is 2.90. The largest absolute Gasteiger partial charge is 0.278 e. The van der Waals surface area contributed by atoms with Crippen molar-refractivity contribution in [3.05, 3.63) is 58.4 Å². The van der Waals surface area contributed by atoms with Gasteiger partial charge in [0.2, 0.25) is 0 Å². The van der Waals surface area contributed by atoms with Gasteiger partial charge in [-0.3, -0.25) is 10.1 Å². The molecule has 0 bridgehead atoms. The predicted molar refractivity (Wildman–Crippen MR) is 79.1 cm³/mol. The summed E-state index contributed by atoms with van der Waals surface area (Å²) in [6.45, 7) is 2.08.